The normalized spacial score (nSPS) is 16.1. The van der Waals surface area contributed by atoms with Crippen molar-refractivity contribution in [1.82, 2.24) is 0 Å². The first-order valence-electron chi connectivity index (χ1n) is 11.3. The van der Waals surface area contributed by atoms with E-state index in [2.05, 4.69) is 0 Å². The number of carbonyl (C=O) groups excluding carboxylic acids is 1. The number of aliphatic hydroxyl groups is 1. The van der Waals surface area contributed by atoms with Gasteiger partial charge in [-0.2, -0.15) is 0 Å². The SMILES string of the molecule is CC(C=O)(CCCCC(O)CCCCC(C)(C(=O)O)c1ccccc1)c1ccccc1. The molecule has 4 heteroatoms. The zero-order valence-corrected chi connectivity index (χ0v) is 18.8. The van der Waals surface area contributed by atoms with Crippen molar-refractivity contribution in [2.45, 2.75) is 82.1 Å². The van der Waals surface area contributed by atoms with Crippen LogP contribution in [0.25, 0.3) is 0 Å². The van der Waals surface area contributed by atoms with Gasteiger partial charge in [0.1, 0.15) is 6.29 Å². The molecule has 3 unspecified atom stereocenters. The summed E-state index contributed by atoms with van der Waals surface area (Å²) in [6.07, 6.45) is 6.65. The van der Waals surface area contributed by atoms with E-state index < -0.39 is 16.8 Å². The molecule has 0 radical (unpaired) electrons. The molecule has 0 aliphatic heterocycles. The Morgan fingerprint density at radius 1 is 0.839 bits per heavy atom. The molecule has 2 aromatic carbocycles. The van der Waals surface area contributed by atoms with E-state index in [4.69, 9.17) is 0 Å². The Labute approximate surface area is 186 Å². The van der Waals surface area contributed by atoms with Crippen molar-refractivity contribution in [2.24, 2.45) is 0 Å². The van der Waals surface area contributed by atoms with Crippen molar-refractivity contribution in [3.05, 3.63) is 71.8 Å². The summed E-state index contributed by atoms with van der Waals surface area (Å²) >= 11 is 0. The van der Waals surface area contributed by atoms with Crippen LogP contribution in [0.1, 0.15) is 76.3 Å². The lowest BCUT2D eigenvalue weighted by molar-refractivity contribution is -0.143. The number of aldehydes is 1. The van der Waals surface area contributed by atoms with E-state index in [0.29, 0.717) is 19.3 Å². The van der Waals surface area contributed by atoms with Crippen molar-refractivity contribution >= 4 is 12.3 Å². The maximum atomic E-state index is 11.9. The fourth-order valence-electron chi connectivity index (χ4n) is 4.15. The van der Waals surface area contributed by atoms with E-state index in [-0.39, 0.29) is 6.10 Å². The quantitative estimate of drug-likeness (QED) is 0.303. The molecule has 0 aromatic heterocycles. The number of carbonyl (C=O) groups is 2. The van der Waals surface area contributed by atoms with Crippen LogP contribution in [0.5, 0.6) is 0 Å². The monoisotopic (exact) mass is 424 g/mol. The molecule has 0 spiro atoms. The number of aliphatic hydroxyl groups excluding tert-OH is 1. The largest absolute Gasteiger partial charge is 0.481 e. The first kappa shape index (κ1) is 24.8. The molecule has 168 valence electrons. The maximum absolute atomic E-state index is 11.9. The lowest BCUT2D eigenvalue weighted by Gasteiger charge is -2.25. The summed E-state index contributed by atoms with van der Waals surface area (Å²) in [6, 6.07) is 19.2. The highest BCUT2D eigenvalue weighted by atomic mass is 16.4. The third kappa shape index (κ3) is 7.03. The highest BCUT2D eigenvalue weighted by molar-refractivity contribution is 5.80. The van der Waals surface area contributed by atoms with Crippen LogP contribution >= 0.6 is 0 Å². The first-order chi connectivity index (χ1) is 14.8. The second-order valence-corrected chi connectivity index (χ2v) is 9.05. The van der Waals surface area contributed by atoms with Crippen molar-refractivity contribution in [3.63, 3.8) is 0 Å². The molecule has 0 bridgehead atoms. The summed E-state index contributed by atoms with van der Waals surface area (Å²) in [5.41, 5.74) is 0.471. The van der Waals surface area contributed by atoms with E-state index in [9.17, 15) is 19.8 Å². The van der Waals surface area contributed by atoms with Crippen LogP contribution in [0.15, 0.2) is 60.7 Å². The molecule has 0 saturated carbocycles. The second kappa shape index (κ2) is 11.8. The minimum atomic E-state index is -0.900. The number of hydrogen-bond acceptors (Lipinski definition) is 3. The Morgan fingerprint density at radius 3 is 1.81 bits per heavy atom. The smallest absolute Gasteiger partial charge is 0.313 e. The van der Waals surface area contributed by atoms with Gasteiger partial charge in [0, 0.05) is 5.41 Å². The van der Waals surface area contributed by atoms with E-state index in [1.807, 2.05) is 67.6 Å². The van der Waals surface area contributed by atoms with Gasteiger partial charge in [-0.1, -0.05) is 86.3 Å². The average Bonchev–Trinajstić information content (AvgIpc) is 2.80. The molecule has 0 aliphatic rings. The number of unbranched alkanes of at least 4 members (excludes halogenated alkanes) is 2. The van der Waals surface area contributed by atoms with Gasteiger partial charge in [-0.3, -0.25) is 4.79 Å². The molecule has 3 atom stereocenters. The molecule has 0 saturated heterocycles. The Morgan fingerprint density at radius 2 is 1.32 bits per heavy atom. The predicted molar refractivity (Wildman–Crippen MR) is 124 cm³/mol. The summed E-state index contributed by atoms with van der Waals surface area (Å²) < 4.78 is 0. The van der Waals surface area contributed by atoms with Gasteiger partial charge < -0.3 is 15.0 Å². The van der Waals surface area contributed by atoms with E-state index >= 15 is 0 Å². The molecule has 2 rings (SSSR count). The second-order valence-electron chi connectivity index (χ2n) is 9.05. The fraction of sp³-hybridized carbons (Fsp3) is 0.481. The molecule has 0 amide bonds. The van der Waals surface area contributed by atoms with Crippen LogP contribution in [0, 0.1) is 0 Å². The summed E-state index contributed by atoms with van der Waals surface area (Å²) in [5, 5.41) is 20.1. The van der Waals surface area contributed by atoms with Crippen molar-refractivity contribution in [1.29, 1.82) is 0 Å². The minimum Gasteiger partial charge on any atom is -0.481 e. The van der Waals surface area contributed by atoms with Crippen LogP contribution in [0.3, 0.4) is 0 Å². The third-order valence-corrected chi connectivity index (χ3v) is 6.52. The number of rotatable bonds is 14. The Kier molecular flexibility index (Phi) is 9.44. The van der Waals surface area contributed by atoms with Gasteiger partial charge in [0.05, 0.1) is 11.5 Å². The van der Waals surface area contributed by atoms with Gasteiger partial charge in [0.2, 0.25) is 0 Å². The number of aliphatic carboxylic acids is 1. The maximum Gasteiger partial charge on any atom is 0.313 e. The van der Waals surface area contributed by atoms with Gasteiger partial charge in [0.25, 0.3) is 0 Å². The van der Waals surface area contributed by atoms with E-state index in [0.717, 1.165) is 49.5 Å². The van der Waals surface area contributed by atoms with Gasteiger partial charge in [-0.25, -0.2) is 0 Å². The molecule has 0 aliphatic carbocycles. The Balaban J connectivity index is 1.71. The minimum absolute atomic E-state index is 0.382. The lowest BCUT2D eigenvalue weighted by atomic mass is 9.78. The van der Waals surface area contributed by atoms with Crippen LogP contribution < -0.4 is 0 Å². The van der Waals surface area contributed by atoms with Crippen molar-refractivity contribution in [3.8, 4) is 0 Å². The van der Waals surface area contributed by atoms with Gasteiger partial charge in [0.15, 0.2) is 0 Å². The molecule has 0 heterocycles. The Hall–Kier alpha value is -2.46. The van der Waals surface area contributed by atoms with Crippen LogP contribution in [-0.4, -0.2) is 28.6 Å². The van der Waals surface area contributed by atoms with Crippen molar-refractivity contribution < 1.29 is 19.8 Å². The molecular weight excluding hydrogens is 388 g/mol. The fourth-order valence-corrected chi connectivity index (χ4v) is 4.15. The first-order valence-corrected chi connectivity index (χ1v) is 11.3. The van der Waals surface area contributed by atoms with E-state index in [1.165, 1.54) is 0 Å². The van der Waals surface area contributed by atoms with Gasteiger partial charge >= 0.3 is 5.97 Å². The van der Waals surface area contributed by atoms with E-state index in [1.54, 1.807) is 6.92 Å². The summed E-state index contributed by atoms with van der Waals surface area (Å²) in [7, 11) is 0. The van der Waals surface area contributed by atoms with Gasteiger partial charge in [-0.05, 0) is 50.7 Å². The average molecular weight is 425 g/mol. The number of carboxylic acid groups (broad SMARTS) is 1. The number of benzene rings is 2. The summed E-state index contributed by atoms with van der Waals surface area (Å²) in [6.45, 7) is 3.75. The summed E-state index contributed by atoms with van der Waals surface area (Å²) in [4.78, 5) is 23.5. The number of hydrogen-bond donors (Lipinski definition) is 2. The standard InChI is InChI=1S/C27H36O4/c1-26(21-28,22-13-5-3-6-14-22)19-11-9-17-24(29)18-10-12-20-27(2,25(30)31)23-15-7-4-8-16-23/h3-8,13-16,21,24,29H,9-12,17-20H2,1-2H3,(H,30,31). The molecule has 0 fully saturated rings. The molecule has 2 aromatic rings. The highest BCUT2D eigenvalue weighted by Crippen LogP contribution is 2.31. The lowest BCUT2D eigenvalue weighted by Crippen LogP contribution is -2.32. The zero-order valence-electron chi connectivity index (χ0n) is 18.8. The highest BCUT2D eigenvalue weighted by Gasteiger charge is 2.34. The van der Waals surface area contributed by atoms with Crippen LogP contribution in [0.2, 0.25) is 0 Å². The molecule has 4 nitrogen and oxygen atoms in total. The third-order valence-electron chi connectivity index (χ3n) is 6.52. The van der Waals surface area contributed by atoms with Crippen LogP contribution in [0.4, 0.5) is 0 Å². The van der Waals surface area contributed by atoms with Crippen molar-refractivity contribution in [2.75, 3.05) is 0 Å². The predicted octanol–water partition coefficient (Wildman–Crippen LogP) is 5.67. The summed E-state index contributed by atoms with van der Waals surface area (Å²) in [5.74, 6) is -0.809. The molecule has 2 N–H and O–H groups in total. The van der Waals surface area contributed by atoms with Crippen LogP contribution in [-0.2, 0) is 20.4 Å². The number of carboxylic acids is 1. The molecular formula is C27H36O4. The zero-order chi connectivity index (χ0) is 22.7. The van der Waals surface area contributed by atoms with Gasteiger partial charge in [-0.15, -0.1) is 0 Å². The molecule has 31 heavy (non-hydrogen) atoms. The Bertz CT molecular complexity index is 805. The topological polar surface area (TPSA) is 74.6 Å².